The molecular formula is C29H62O41P10-10. The smallest absolute Gasteiger partial charge is 0.268 e. The van der Waals surface area contributed by atoms with Crippen LogP contribution in [-0.4, -0.2) is 140 Å². The van der Waals surface area contributed by atoms with Crippen LogP contribution in [0.5, 0.6) is 0 Å². The Labute approximate surface area is 458 Å². The summed E-state index contributed by atoms with van der Waals surface area (Å²) >= 11 is 0. The van der Waals surface area contributed by atoms with Crippen LogP contribution in [0.3, 0.4) is 0 Å². The van der Waals surface area contributed by atoms with Crippen LogP contribution >= 0.6 is 78.2 Å². The van der Waals surface area contributed by atoms with E-state index in [2.05, 4.69) is 81.4 Å². The molecule has 484 valence electrons. The van der Waals surface area contributed by atoms with Crippen LogP contribution in [-0.2, 0) is 127 Å². The summed E-state index contributed by atoms with van der Waals surface area (Å²) in [5.41, 5.74) is 0. The molecule has 13 atom stereocenters. The van der Waals surface area contributed by atoms with Crippen molar-refractivity contribution in [3.63, 3.8) is 0 Å². The molecule has 0 saturated carbocycles. The third-order valence-corrected chi connectivity index (χ3v) is 17.0. The first-order chi connectivity index (χ1) is 36.5. The topological polar surface area (TPSA) is 628 Å². The molecule has 80 heavy (non-hydrogen) atoms. The minimum atomic E-state index is -5.23. The van der Waals surface area contributed by atoms with Gasteiger partial charge in [0.1, 0.15) is 0 Å². The SMILES string of the molecule is CCC(C)COP(=O)([O-])OCCOP(=O)([O-])O.CCC(CO)COP(=O)([O-])OCCOP(=O)([O-])OCCOP(=O)([O-])OCCOP(=O)([O-])OCCOP(=O)([O-])OCCOP(=O)([O-])OCCOP(=O)([O-])OCC(CC)COP(=O)([O-])O. The van der Waals surface area contributed by atoms with E-state index in [-0.39, 0.29) is 32.2 Å². The minimum absolute atomic E-state index is 0.00180. The first-order valence-corrected chi connectivity index (χ1v) is 37.0. The largest absolute Gasteiger partial charge is 0.756 e. The van der Waals surface area contributed by atoms with Gasteiger partial charge < -0.3 is 145 Å². The molecule has 0 aliphatic heterocycles. The van der Waals surface area contributed by atoms with Crippen molar-refractivity contribution in [2.24, 2.45) is 17.8 Å². The van der Waals surface area contributed by atoms with Gasteiger partial charge in [-0.1, -0.05) is 34.1 Å². The van der Waals surface area contributed by atoms with Crippen molar-refractivity contribution in [2.45, 2.75) is 47.0 Å². The average molecular weight is 1380 g/mol. The monoisotopic (exact) mass is 1380 g/mol. The molecule has 0 bridgehead atoms. The van der Waals surface area contributed by atoms with E-state index in [1.54, 1.807) is 6.92 Å². The lowest BCUT2D eigenvalue weighted by Crippen LogP contribution is -2.20. The standard InChI is InChI=1S/C22H54O33P8.C7H18O8P2/c1-3-21(17-23)18-54-62(37,38)51-15-13-49-60(33,34)47-11-9-45-58(29,30)43-7-5-41-57(27,28)42-6-8-44-59(31,32)46-10-12-48-61(35,36)50-14-16-52-63(39,40)55-20-22(4-2)19-53-56(24,25)26;1-3-7(2)6-15-17(11,12)14-5-4-13-16(8,9)10/h21-23H,3-20H2,1-2H3,(H,27,28)(H,29,30)(H,31,32)(H,33,34)(H,35,36)(H,37,38)(H,39,40)(H2,24,25,26);7H,3-6H2,1-2H3,(H,11,12)(H2,8,9,10)/p-10. The highest BCUT2D eigenvalue weighted by Crippen LogP contribution is 2.46. The highest BCUT2D eigenvalue weighted by molar-refractivity contribution is 7.48. The molecule has 0 spiro atoms. The minimum Gasteiger partial charge on any atom is -0.756 e. The van der Waals surface area contributed by atoms with Gasteiger partial charge >= 0.3 is 0 Å². The van der Waals surface area contributed by atoms with Crippen molar-refractivity contribution in [2.75, 3.05) is 126 Å². The first-order valence-electron chi connectivity index (χ1n) is 22.3. The lowest BCUT2D eigenvalue weighted by Gasteiger charge is -2.27. The van der Waals surface area contributed by atoms with Crippen LogP contribution in [0.1, 0.15) is 47.0 Å². The van der Waals surface area contributed by atoms with E-state index in [0.29, 0.717) is 6.42 Å². The number of phosphoric acid groups is 10. The van der Waals surface area contributed by atoms with Crippen molar-refractivity contribution in [3.8, 4) is 0 Å². The van der Waals surface area contributed by atoms with Gasteiger partial charge in [0.2, 0.25) is 0 Å². The van der Waals surface area contributed by atoms with Crippen LogP contribution in [0.4, 0.5) is 0 Å². The van der Waals surface area contributed by atoms with Gasteiger partial charge in [-0.2, -0.15) is 0 Å². The molecule has 0 heterocycles. The Kier molecular flexibility index (Phi) is 42.9. The van der Waals surface area contributed by atoms with Gasteiger partial charge in [0, 0.05) is 18.4 Å². The predicted octanol–water partition coefficient (Wildman–Crippen LogP) is -2.97. The number of hydrogen-bond donors (Lipinski definition) is 3. The second kappa shape index (κ2) is 41.3. The molecule has 0 saturated heterocycles. The summed E-state index contributed by atoms with van der Waals surface area (Å²) in [5.74, 6) is -1.22. The third kappa shape index (κ3) is 52.2. The van der Waals surface area contributed by atoms with Gasteiger partial charge in [-0.05, 0) is 18.8 Å². The fourth-order valence-corrected chi connectivity index (χ4v) is 10.3. The van der Waals surface area contributed by atoms with Crippen LogP contribution < -0.4 is 48.9 Å². The lowest BCUT2D eigenvalue weighted by atomic mass is 10.1. The molecule has 3 N–H and O–H groups in total. The molecule has 0 aromatic heterocycles. The molecule has 0 fully saturated rings. The summed E-state index contributed by atoms with van der Waals surface area (Å²) in [6.45, 7) is -7.65. The molecule has 0 amide bonds. The molecule has 41 nitrogen and oxygen atoms in total. The Balaban J connectivity index is 0. The Morgan fingerprint density at radius 3 is 0.675 bits per heavy atom. The van der Waals surface area contributed by atoms with E-state index >= 15 is 0 Å². The Bertz CT molecular complexity index is 2190. The Morgan fingerprint density at radius 1 is 0.287 bits per heavy atom. The zero-order valence-corrected chi connectivity index (χ0v) is 51.6. The van der Waals surface area contributed by atoms with Crippen LogP contribution in [0, 0.1) is 17.8 Å². The van der Waals surface area contributed by atoms with Crippen LogP contribution in [0.15, 0.2) is 0 Å². The highest BCUT2D eigenvalue weighted by Gasteiger charge is 2.21. The van der Waals surface area contributed by atoms with Crippen molar-refractivity contribution in [3.05, 3.63) is 0 Å². The molecule has 0 aromatic rings. The molecule has 0 rings (SSSR count). The maximum atomic E-state index is 11.8. The zero-order valence-electron chi connectivity index (χ0n) is 42.6. The third-order valence-electron chi connectivity index (χ3n) is 8.12. The average Bonchev–Trinajstić information content (AvgIpc) is 3.33. The zero-order chi connectivity index (χ0) is 62.0. The van der Waals surface area contributed by atoms with Crippen molar-refractivity contribution >= 4 is 78.2 Å². The number of rotatable bonds is 51. The normalized spacial score (nSPS) is 20.9. The molecule has 51 heteroatoms. The van der Waals surface area contributed by atoms with Gasteiger partial charge in [0.05, 0.1) is 119 Å². The molecule has 0 aliphatic rings. The summed E-state index contributed by atoms with van der Waals surface area (Å²) in [6, 6.07) is 0. The lowest BCUT2D eigenvalue weighted by molar-refractivity contribution is -0.238. The summed E-state index contributed by atoms with van der Waals surface area (Å²) in [5, 5.41) is 9.03. The van der Waals surface area contributed by atoms with Gasteiger partial charge in [0.15, 0.2) is 0 Å². The molecule has 13 unspecified atom stereocenters. The Hall–Kier alpha value is 1.06. The maximum Gasteiger partial charge on any atom is 0.268 e. The first kappa shape index (κ1) is 83.1. The van der Waals surface area contributed by atoms with E-state index in [1.807, 2.05) is 13.8 Å². The van der Waals surface area contributed by atoms with E-state index in [1.165, 1.54) is 6.92 Å². The van der Waals surface area contributed by atoms with Gasteiger partial charge in [-0.3, -0.25) is 45.7 Å². The maximum absolute atomic E-state index is 11.8. The molecule has 0 aromatic carbocycles. The van der Waals surface area contributed by atoms with Gasteiger partial charge in [-0.25, -0.2) is 0 Å². The van der Waals surface area contributed by atoms with Crippen LogP contribution in [0.25, 0.3) is 0 Å². The van der Waals surface area contributed by atoms with Crippen molar-refractivity contribution < 1.29 is 191 Å². The fraction of sp³-hybridized carbons (Fsp3) is 1.00. The number of aliphatic hydroxyl groups is 1. The second-order valence-electron chi connectivity index (χ2n) is 14.6. The molecular weight excluding hydrogens is 1310 g/mol. The second-order valence-corrected chi connectivity index (χ2v) is 28.3. The van der Waals surface area contributed by atoms with Crippen LogP contribution in [0.2, 0.25) is 0 Å². The molecule has 0 radical (unpaired) electrons. The van der Waals surface area contributed by atoms with Gasteiger partial charge in [0.25, 0.3) is 78.2 Å². The molecule has 0 aliphatic carbocycles. The van der Waals surface area contributed by atoms with Crippen molar-refractivity contribution in [1.82, 2.24) is 0 Å². The van der Waals surface area contributed by atoms with Crippen molar-refractivity contribution in [1.29, 1.82) is 0 Å². The fourth-order valence-electron chi connectivity index (χ4n) is 3.90. The summed E-state index contributed by atoms with van der Waals surface area (Å²) in [6.07, 6.45) is 1.32. The highest BCUT2D eigenvalue weighted by atomic mass is 31.2. The van der Waals surface area contributed by atoms with E-state index in [0.717, 1.165) is 6.42 Å². The number of phosphoric ester groups is 10. The Morgan fingerprint density at radius 2 is 0.475 bits per heavy atom. The summed E-state index contributed by atoms with van der Waals surface area (Å²) in [4.78, 5) is 131. The predicted molar refractivity (Wildman–Crippen MR) is 242 cm³/mol. The van der Waals surface area contributed by atoms with E-state index < -0.39 is 196 Å². The van der Waals surface area contributed by atoms with E-state index in [9.17, 15) is 94.6 Å². The summed E-state index contributed by atoms with van der Waals surface area (Å²) < 4.78 is 192. The summed E-state index contributed by atoms with van der Waals surface area (Å²) in [7, 11) is -50.2. The van der Waals surface area contributed by atoms with E-state index in [4.69, 9.17) is 14.9 Å². The van der Waals surface area contributed by atoms with Gasteiger partial charge in [-0.15, -0.1) is 0 Å². The number of hydrogen-bond acceptors (Lipinski definition) is 39. The quantitative estimate of drug-likeness (QED) is 0.0404. The number of aliphatic hydroxyl groups excluding tert-OH is 1.